The van der Waals surface area contributed by atoms with Gasteiger partial charge in [-0.2, -0.15) is 0 Å². The topological polar surface area (TPSA) is 81.9 Å². The number of benzene rings is 2. The van der Waals surface area contributed by atoms with E-state index in [1.807, 2.05) is 0 Å². The van der Waals surface area contributed by atoms with Crippen LogP contribution in [0.5, 0.6) is 11.5 Å². The van der Waals surface area contributed by atoms with Gasteiger partial charge < -0.3 is 18.9 Å². The number of fused-ring (bicyclic) bond motifs is 1. The molecular formula is C23H19FN2O5. The maximum Gasteiger partial charge on any atom is 0.276 e. The largest absolute Gasteiger partial charge is 0.454 e. The minimum Gasteiger partial charge on any atom is -0.454 e. The van der Waals surface area contributed by atoms with Crippen molar-refractivity contribution in [3.8, 4) is 22.8 Å². The van der Waals surface area contributed by atoms with Crippen molar-refractivity contribution in [1.82, 2.24) is 10.1 Å². The van der Waals surface area contributed by atoms with Crippen molar-refractivity contribution in [1.29, 1.82) is 0 Å². The molecule has 158 valence electrons. The zero-order chi connectivity index (χ0) is 21.4. The van der Waals surface area contributed by atoms with Gasteiger partial charge in [0.25, 0.3) is 5.91 Å². The third kappa shape index (κ3) is 3.76. The van der Waals surface area contributed by atoms with Crippen molar-refractivity contribution in [3.63, 3.8) is 0 Å². The number of piperidine rings is 1. The second-order valence-electron chi connectivity index (χ2n) is 7.61. The van der Waals surface area contributed by atoms with Crippen LogP contribution in [0.25, 0.3) is 11.3 Å². The van der Waals surface area contributed by atoms with E-state index < -0.39 is 0 Å². The van der Waals surface area contributed by atoms with Gasteiger partial charge in [0.2, 0.25) is 6.79 Å². The number of nitrogens with zero attached hydrogens (tertiary/aromatic N) is 2. The highest BCUT2D eigenvalue weighted by Crippen LogP contribution is 2.36. The lowest BCUT2D eigenvalue weighted by molar-refractivity contribution is 0.0628. The Morgan fingerprint density at radius 2 is 1.84 bits per heavy atom. The highest BCUT2D eigenvalue weighted by atomic mass is 19.1. The minimum atomic E-state index is -0.388. The number of halogens is 1. The number of aromatic nitrogens is 1. The molecule has 5 rings (SSSR count). The molecule has 7 nitrogen and oxygen atoms in total. The van der Waals surface area contributed by atoms with E-state index in [1.54, 1.807) is 29.2 Å². The smallest absolute Gasteiger partial charge is 0.276 e. The Kier molecular flexibility index (Phi) is 4.89. The lowest BCUT2D eigenvalue weighted by atomic mass is 9.90. The van der Waals surface area contributed by atoms with Crippen LogP contribution in [0.15, 0.2) is 53.1 Å². The summed E-state index contributed by atoms with van der Waals surface area (Å²) in [5.41, 5.74) is 1.36. The second-order valence-corrected chi connectivity index (χ2v) is 7.61. The zero-order valence-corrected chi connectivity index (χ0v) is 16.5. The molecular weight excluding hydrogens is 403 g/mol. The Labute approximate surface area is 177 Å². The maximum absolute atomic E-state index is 13.1. The monoisotopic (exact) mass is 422 g/mol. The Morgan fingerprint density at radius 3 is 2.68 bits per heavy atom. The fourth-order valence-electron chi connectivity index (χ4n) is 3.95. The van der Waals surface area contributed by atoms with Crippen molar-refractivity contribution in [2.75, 3.05) is 19.9 Å². The van der Waals surface area contributed by atoms with Crippen LogP contribution in [0.4, 0.5) is 4.39 Å². The standard InChI is InChI=1S/C23H19FN2O5/c24-17-6-3-14(4-7-17)22(27)16-2-1-9-26(12-16)23(28)18-11-20(31-25-18)15-5-8-19-21(10-15)30-13-29-19/h3-8,10-11,16H,1-2,9,12-13H2/t16-/m0/s1. The summed E-state index contributed by atoms with van der Waals surface area (Å²) in [6.07, 6.45) is 1.39. The Balaban J connectivity index is 1.30. The Morgan fingerprint density at radius 1 is 1.03 bits per heavy atom. The number of hydrogen-bond donors (Lipinski definition) is 0. The SMILES string of the molecule is O=C(c1ccc(F)cc1)[C@H]1CCCN(C(=O)c2cc(-c3ccc4c(c3)OCO4)on2)C1. The molecule has 2 aliphatic heterocycles. The predicted molar refractivity (Wildman–Crippen MR) is 107 cm³/mol. The maximum atomic E-state index is 13.1. The van der Waals surface area contributed by atoms with Gasteiger partial charge in [-0.05, 0) is 55.3 Å². The molecule has 1 atom stereocenters. The first-order chi connectivity index (χ1) is 15.1. The highest BCUT2D eigenvalue weighted by molar-refractivity contribution is 5.99. The van der Waals surface area contributed by atoms with Crippen LogP contribution in [0.1, 0.15) is 33.7 Å². The summed E-state index contributed by atoms with van der Waals surface area (Å²) in [5.74, 6) is 0.623. The van der Waals surface area contributed by atoms with Gasteiger partial charge in [-0.3, -0.25) is 9.59 Å². The lowest BCUT2D eigenvalue weighted by Gasteiger charge is -2.31. The summed E-state index contributed by atoms with van der Waals surface area (Å²) in [6.45, 7) is 1.01. The molecule has 2 aromatic carbocycles. The second kappa shape index (κ2) is 7.86. The lowest BCUT2D eigenvalue weighted by Crippen LogP contribution is -2.42. The highest BCUT2D eigenvalue weighted by Gasteiger charge is 2.31. The van der Waals surface area contributed by atoms with Gasteiger partial charge in [0.1, 0.15) is 5.82 Å². The van der Waals surface area contributed by atoms with E-state index in [2.05, 4.69) is 5.16 Å². The van der Waals surface area contributed by atoms with Gasteiger partial charge in [-0.25, -0.2) is 4.39 Å². The number of rotatable bonds is 4. The van der Waals surface area contributed by atoms with Crippen LogP contribution in [0, 0.1) is 11.7 Å². The van der Waals surface area contributed by atoms with E-state index in [0.717, 1.165) is 5.56 Å². The Bertz CT molecular complexity index is 1140. The molecule has 3 heterocycles. The summed E-state index contributed by atoms with van der Waals surface area (Å²) in [4.78, 5) is 27.4. The van der Waals surface area contributed by atoms with E-state index in [0.29, 0.717) is 48.8 Å². The summed E-state index contributed by atoms with van der Waals surface area (Å²) >= 11 is 0. The van der Waals surface area contributed by atoms with Crippen molar-refractivity contribution in [3.05, 3.63) is 65.6 Å². The molecule has 31 heavy (non-hydrogen) atoms. The number of ether oxygens (including phenoxy) is 2. The van der Waals surface area contributed by atoms with Crippen LogP contribution >= 0.6 is 0 Å². The quantitative estimate of drug-likeness (QED) is 0.593. The molecule has 3 aromatic rings. The van der Waals surface area contributed by atoms with Crippen molar-refractivity contribution >= 4 is 11.7 Å². The molecule has 0 spiro atoms. The number of hydrogen-bond acceptors (Lipinski definition) is 6. The van der Waals surface area contributed by atoms with Gasteiger partial charge >= 0.3 is 0 Å². The number of Topliss-reactive ketones (excluding diaryl/α,β-unsaturated/α-hetero) is 1. The molecule has 0 bridgehead atoms. The number of carbonyl (C=O) groups is 2. The number of likely N-dealkylation sites (tertiary alicyclic amines) is 1. The van der Waals surface area contributed by atoms with E-state index >= 15 is 0 Å². The summed E-state index contributed by atoms with van der Waals surface area (Å²) in [5, 5.41) is 3.93. The van der Waals surface area contributed by atoms with Gasteiger partial charge in [-0.1, -0.05) is 5.16 Å². The first-order valence-corrected chi connectivity index (χ1v) is 10.0. The van der Waals surface area contributed by atoms with Crippen LogP contribution in [0.2, 0.25) is 0 Å². The van der Waals surface area contributed by atoms with E-state index in [9.17, 15) is 14.0 Å². The summed E-state index contributed by atoms with van der Waals surface area (Å²) in [7, 11) is 0. The molecule has 0 saturated carbocycles. The zero-order valence-electron chi connectivity index (χ0n) is 16.5. The number of ketones is 1. The van der Waals surface area contributed by atoms with Crippen LogP contribution in [-0.4, -0.2) is 41.6 Å². The van der Waals surface area contributed by atoms with Gasteiger partial charge in [-0.15, -0.1) is 0 Å². The van der Waals surface area contributed by atoms with Gasteiger partial charge in [0.15, 0.2) is 28.7 Å². The Hall–Kier alpha value is -3.68. The van der Waals surface area contributed by atoms with E-state index in [1.165, 1.54) is 24.3 Å². The summed E-state index contributed by atoms with van der Waals surface area (Å²) in [6, 6.07) is 12.4. The molecule has 1 saturated heterocycles. The molecule has 1 fully saturated rings. The van der Waals surface area contributed by atoms with E-state index in [4.69, 9.17) is 14.0 Å². The average molecular weight is 422 g/mol. The van der Waals surface area contributed by atoms with Crippen molar-refractivity contribution in [2.24, 2.45) is 5.92 Å². The van der Waals surface area contributed by atoms with E-state index in [-0.39, 0.29) is 35.9 Å². The fourth-order valence-corrected chi connectivity index (χ4v) is 3.95. The molecule has 1 amide bonds. The molecule has 8 heteroatoms. The average Bonchev–Trinajstić information content (AvgIpc) is 3.48. The number of carbonyl (C=O) groups excluding carboxylic acids is 2. The molecule has 0 N–H and O–H groups in total. The van der Waals surface area contributed by atoms with Gasteiger partial charge in [0, 0.05) is 36.2 Å². The van der Waals surface area contributed by atoms with Crippen molar-refractivity contribution in [2.45, 2.75) is 12.8 Å². The third-order valence-electron chi connectivity index (χ3n) is 5.59. The normalized spacial score (nSPS) is 17.6. The molecule has 0 unspecified atom stereocenters. The first kappa shape index (κ1) is 19.3. The summed E-state index contributed by atoms with van der Waals surface area (Å²) < 4.78 is 29.2. The molecule has 1 aromatic heterocycles. The molecule has 0 radical (unpaired) electrons. The van der Waals surface area contributed by atoms with Crippen LogP contribution in [0.3, 0.4) is 0 Å². The fraction of sp³-hybridized carbons (Fsp3) is 0.261. The molecule has 0 aliphatic carbocycles. The van der Waals surface area contributed by atoms with Crippen molar-refractivity contribution < 1.29 is 28.0 Å². The first-order valence-electron chi connectivity index (χ1n) is 10.0. The van der Waals surface area contributed by atoms with Crippen LogP contribution < -0.4 is 9.47 Å². The third-order valence-corrected chi connectivity index (χ3v) is 5.59. The number of amides is 1. The van der Waals surface area contributed by atoms with Crippen LogP contribution in [-0.2, 0) is 0 Å². The molecule has 2 aliphatic rings. The van der Waals surface area contributed by atoms with Gasteiger partial charge in [0.05, 0.1) is 0 Å². The predicted octanol–water partition coefficient (Wildman–Crippen LogP) is 3.94. The minimum absolute atomic E-state index is 0.0845.